The number of carbonyl (C=O) groups excluding carboxylic acids is 2. The van der Waals surface area contributed by atoms with Gasteiger partial charge in [0.15, 0.2) is 0 Å². The quantitative estimate of drug-likeness (QED) is 0.626. The molecule has 5 N–H and O–H groups in total. The predicted molar refractivity (Wildman–Crippen MR) is 97.1 cm³/mol. The van der Waals surface area contributed by atoms with E-state index in [2.05, 4.69) is 16.0 Å². The molecule has 0 saturated carbocycles. The number of carbonyl (C=O) groups is 2. The number of nitrogens with one attached hydrogen (secondary N) is 3. The average molecular weight is 348 g/mol. The highest BCUT2D eigenvalue weighted by Gasteiger charge is 2.26. The first kappa shape index (κ1) is 19.2. The molecule has 0 radical (unpaired) electrons. The number of ether oxygens (including phenoxy) is 1. The number of benzene rings is 1. The first-order chi connectivity index (χ1) is 12.0. The highest BCUT2D eigenvalue weighted by Crippen LogP contribution is 2.17. The minimum atomic E-state index is -0.496. The molecule has 1 atom stereocenters. The fraction of sp³-hybridized carbons (Fsp3) is 0.556. The van der Waals surface area contributed by atoms with Crippen LogP contribution in [0.5, 0.6) is 0 Å². The maximum absolute atomic E-state index is 12.2. The lowest BCUT2D eigenvalue weighted by molar-refractivity contribution is -0.124. The molecule has 0 aromatic heterocycles. The summed E-state index contributed by atoms with van der Waals surface area (Å²) in [5, 5.41) is 8.39. The van der Waals surface area contributed by atoms with Crippen LogP contribution in [-0.2, 0) is 16.1 Å². The Morgan fingerprint density at radius 1 is 1.20 bits per heavy atom. The Hall–Kier alpha value is -2.12. The lowest BCUT2D eigenvalue weighted by Gasteiger charge is -2.26. The van der Waals surface area contributed by atoms with Gasteiger partial charge in [-0.2, -0.15) is 0 Å². The SMILES string of the molecule is CC(C)NC(=O)Nc1ccc(CNC(=O)C(N)C2CCOCC2)cc1. The molecular formula is C18H28N4O3. The van der Waals surface area contributed by atoms with Crippen LogP contribution in [0.4, 0.5) is 10.5 Å². The highest BCUT2D eigenvalue weighted by atomic mass is 16.5. The van der Waals surface area contributed by atoms with Gasteiger partial charge in [0.25, 0.3) is 0 Å². The molecule has 1 heterocycles. The Morgan fingerprint density at radius 2 is 1.84 bits per heavy atom. The molecule has 1 aromatic carbocycles. The zero-order chi connectivity index (χ0) is 18.2. The number of amides is 3. The van der Waals surface area contributed by atoms with Crippen molar-refractivity contribution in [1.82, 2.24) is 10.6 Å². The van der Waals surface area contributed by atoms with Crippen LogP contribution in [0.1, 0.15) is 32.3 Å². The van der Waals surface area contributed by atoms with Gasteiger partial charge in [-0.05, 0) is 50.3 Å². The summed E-state index contributed by atoms with van der Waals surface area (Å²) in [4.78, 5) is 23.8. The summed E-state index contributed by atoms with van der Waals surface area (Å²) < 4.78 is 5.30. The average Bonchev–Trinajstić information content (AvgIpc) is 2.60. The van der Waals surface area contributed by atoms with Crippen LogP contribution in [0.25, 0.3) is 0 Å². The summed E-state index contributed by atoms with van der Waals surface area (Å²) in [6.07, 6.45) is 1.65. The second-order valence-corrected chi connectivity index (χ2v) is 6.64. The Bertz CT molecular complexity index is 568. The van der Waals surface area contributed by atoms with Crippen molar-refractivity contribution < 1.29 is 14.3 Å². The molecule has 3 amide bonds. The summed E-state index contributed by atoms with van der Waals surface area (Å²) in [5.74, 6) is 0.0465. The normalized spacial score (nSPS) is 16.3. The zero-order valence-corrected chi connectivity index (χ0v) is 14.9. The van der Waals surface area contributed by atoms with E-state index >= 15 is 0 Å². The van der Waals surface area contributed by atoms with Crippen molar-refractivity contribution in [2.75, 3.05) is 18.5 Å². The minimum absolute atomic E-state index is 0.0782. The topological polar surface area (TPSA) is 105 Å². The second kappa shape index (κ2) is 9.39. The van der Waals surface area contributed by atoms with Gasteiger partial charge in [0, 0.05) is 31.5 Å². The third-order valence-corrected chi connectivity index (χ3v) is 4.17. The third kappa shape index (κ3) is 6.36. The van der Waals surface area contributed by atoms with Crippen LogP contribution in [0.2, 0.25) is 0 Å². The minimum Gasteiger partial charge on any atom is -0.381 e. The van der Waals surface area contributed by atoms with E-state index in [9.17, 15) is 9.59 Å². The van der Waals surface area contributed by atoms with E-state index < -0.39 is 6.04 Å². The molecule has 1 fully saturated rings. The van der Waals surface area contributed by atoms with Gasteiger partial charge in [0.1, 0.15) is 0 Å². The molecule has 0 bridgehead atoms. The van der Waals surface area contributed by atoms with Gasteiger partial charge in [-0.25, -0.2) is 4.79 Å². The highest BCUT2D eigenvalue weighted by molar-refractivity contribution is 5.89. The van der Waals surface area contributed by atoms with Gasteiger partial charge in [0.05, 0.1) is 6.04 Å². The van der Waals surface area contributed by atoms with Crippen molar-refractivity contribution in [3.05, 3.63) is 29.8 Å². The summed E-state index contributed by atoms with van der Waals surface area (Å²) in [7, 11) is 0. The Morgan fingerprint density at radius 3 is 2.44 bits per heavy atom. The van der Waals surface area contributed by atoms with Gasteiger partial charge < -0.3 is 26.4 Å². The van der Waals surface area contributed by atoms with E-state index in [1.165, 1.54) is 0 Å². The number of nitrogens with two attached hydrogens (primary N) is 1. The van der Waals surface area contributed by atoms with Crippen molar-refractivity contribution in [3.8, 4) is 0 Å². The summed E-state index contributed by atoms with van der Waals surface area (Å²) in [6, 6.07) is 6.69. The van der Waals surface area contributed by atoms with E-state index in [4.69, 9.17) is 10.5 Å². The third-order valence-electron chi connectivity index (χ3n) is 4.17. The van der Waals surface area contributed by atoms with Crippen LogP contribution < -0.4 is 21.7 Å². The lowest BCUT2D eigenvalue weighted by Crippen LogP contribution is -2.46. The van der Waals surface area contributed by atoms with Crippen LogP contribution in [0.15, 0.2) is 24.3 Å². The van der Waals surface area contributed by atoms with Crippen LogP contribution >= 0.6 is 0 Å². The number of rotatable bonds is 6. The van der Waals surface area contributed by atoms with Gasteiger partial charge in [-0.3, -0.25) is 4.79 Å². The molecule has 7 heteroatoms. The second-order valence-electron chi connectivity index (χ2n) is 6.64. The van der Waals surface area contributed by atoms with Crippen molar-refractivity contribution in [2.24, 2.45) is 11.7 Å². The molecule has 0 spiro atoms. The molecule has 0 aliphatic carbocycles. The first-order valence-corrected chi connectivity index (χ1v) is 8.73. The molecule has 1 aliphatic heterocycles. The number of urea groups is 1. The molecule has 1 aromatic rings. The smallest absolute Gasteiger partial charge is 0.319 e. The van der Waals surface area contributed by atoms with Crippen molar-refractivity contribution in [3.63, 3.8) is 0 Å². The molecule has 1 aliphatic rings. The fourth-order valence-electron chi connectivity index (χ4n) is 2.73. The number of anilines is 1. The molecule has 7 nitrogen and oxygen atoms in total. The largest absolute Gasteiger partial charge is 0.381 e. The van der Waals surface area contributed by atoms with E-state index in [0.717, 1.165) is 18.4 Å². The maximum atomic E-state index is 12.2. The monoisotopic (exact) mass is 348 g/mol. The van der Waals surface area contributed by atoms with Crippen molar-refractivity contribution in [2.45, 2.75) is 45.3 Å². The number of hydrogen-bond donors (Lipinski definition) is 4. The van der Waals surface area contributed by atoms with E-state index in [-0.39, 0.29) is 23.9 Å². The summed E-state index contributed by atoms with van der Waals surface area (Å²) >= 11 is 0. The molecular weight excluding hydrogens is 320 g/mol. The summed E-state index contributed by atoms with van der Waals surface area (Å²) in [5.41, 5.74) is 7.70. The molecule has 2 rings (SSSR count). The molecule has 25 heavy (non-hydrogen) atoms. The van der Waals surface area contributed by atoms with Crippen molar-refractivity contribution >= 4 is 17.6 Å². The first-order valence-electron chi connectivity index (χ1n) is 8.73. The molecule has 1 saturated heterocycles. The Labute approximate surface area is 148 Å². The molecule has 1 unspecified atom stereocenters. The van der Waals surface area contributed by atoms with Crippen molar-refractivity contribution in [1.29, 1.82) is 0 Å². The Balaban J connectivity index is 1.78. The Kier molecular flexibility index (Phi) is 7.21. The van der Waals surface area contributed by atoms with Crippen LogP contribution in [0, 0.1) is 5.92 Å². The van der Waals surface area contributed by atoms with E-state index in [1.54, 1.807) is 12.1 Å². The predicted octanol–water partition coefficient (Wildman–Crippen LogP) is 1.59. The van der Waals surface area contributed by atoms with Gasteiger partial charge >= 0.3 is 6.03 Å². The van der Waals surface area contributed by atoms with Gasteiger partial charge in [-0.15, -0.1) is 0 Å². The van der Waals surface area contributed by atoms with E-state index in [0.29, 0.717) is 25.4 Å². The molecule has 138 valence electrons. The van der Waals surface area contributed by atoms with E-state index in [1.807, 2.05) is 26.0 Å². The standard InChI is InChI=1S/C18H28N4O3/c1-12(2)21-18(24)22-15-5-3-13(4-6-15)11-20-17(23)16(19)14-7-9-25-10-8-14/h3-6,12,14,16H,7-11,19H2,1-2H3,(H,20,23)(H2,21,22,24). The summed E-state index contributed by atoms with van der Waals surface area (Å²) in [6.45, 7) is 5.55. The maximum Gasteiger partial charge on any atom is 0.319 e. The fourth-order valence-corrected chi connectivity index (χ4v) is 2.73. The lowest BCUT2D eigenvalue weighted by atomic mass is 9.92. The van der Waals surface area contributed by atoms with Gasteiger partial charge in [0.2, 0.25) is 5.91 Å². The van der Waals surface area contributed by atoms with Crippen LogP contribution in [-0.4, -0.2) is 37.2 Å². The van der Waals surface area contributed by atoms with Gasteiger partial charge in [-0.1, -0.05) is 12.1 Å². The zero-order valence-electron chi connectivity index (χ0n) is 14.9. The number of hydrogen-bond acceptors (Lipinski definition) is 4. The van der Waals surface area contributed by atoms with Crippen LogP contribution in [0.3, 0.4) is 0 Å².